The Morgan fingerprint density at radius 3 is 2.41 bits per heavy atom. The Balaban J connectivity index is 1.61. The number of rotatable bonds is 4. The quantitative estimate of drug-likeness (QED) is 0.808. The fourth-order valence-electron chi connectivity index (χ4n) is 3.76. The van der Waals surface area contributed by atoms with Crippen molar-refractivity contribution in [3.05, 3.63) is 29.8 Å². The van der Waals surface area contributed by atoms with Crippen LogP contribution in [0, 0.1) is 5.92 Å². The lowest BCUT2D eigenvalue weighted by Crippen LogP contribution is -2.52. The van der Waals surface area contributed by atoms with Gasteiger partial charge in [0.25, 0.3) is 0 Å². The van der Waals surface area contributed by atoms with Crippen molar-refractivity contribution in [3.63, 3.8) is 0 Å². The first-order valence-electron chi connectivity index (χ1n) is 9.63. The van der Waals surface area contributed by atoms with Crippen molar-refractivity contribution >= 4 is 23.6 Å². The number of anilines is 1. The normalized spacial score (nSPS) is 20.1. The summed E-state index contributed by atoms with van der Waals surface area (Å²) in [4.78, 5) is 42.3. The number of carbonyl (C=O) groups is 3. The average Bonchev–Trinajstić information content (AvgIpc) is 3.09. The van der Waals surface area contributed by atoms with Gasteiger partial charge in [0.2, 0.25) is 11.8 Å². The summed E-state index contributed by atoms with van der Waals surface area (Å²) >= 11 is 0. The van der Waals surface area contributed by atoms with E-state index in [0.717, 1.165) is 17.7 Å². The Morgan fingerprint density at radius 2 is 1.74 bits per heavy atom. The molecular weight excluding hydrogens is 346 g/mol. The highest BCUT2D eigenvalue weighted by atomic mass is 16.6. The standard InChI is InChI=1S/C20H27N3O4/c1-3-15-7-5-6-8-17(15)23-14-16(13-18(23)24)19(25)21-9-11-22(12-10-21)20(26)27-4-2/h5-8,16H,3-4,9-14H2,1-2H3. The summed E-state index contributed by atoms with van der Waals surface area (Å²) in [5.41, 5.74) is 2.02. The maximum Gasteiger partial charge on any atom is 0.409 e. The zero-order valence-electron chi connectivity index (χ0n) is 16.0. The van der Waals surface area contributed by atoms with Crippen LogP contribution in [0.4, 0.5) is 10.5 Å². The molecule has 2 heterocycles. The highest BCUT2D eigenvalue weighted by Gasteiger charge is 2.38. The van der Waals surface area contributed by atoms with E-state index in [9.17, 15) is 14.4 Å². The van der Waals surface area contributed by atoms with Crippen LogP contribution in [0.1, 0.15) is 25.8 Å². The smallest absolute Gasteiger partial charge is 0.409 e. The van der Waals surface area contributed by atoms with Crippen LogP contribution in [0.3, 0.4) is 0 Å². The van der Waals surface area contributed by atoms with Crippen molar-refractivity contribution in [1.82, 2.24) is 9.80 Å². The summed E-state index contributed by atoms with van der Waals surface area (Å²) in [6, 6.07) is 7.86. The van der Waals surface area contributed by atoms with E-state index in [2.05, 4.69) is 6.92 Å². The van der Waals surface area contributed by atoms with Crippen molar-refractivity contribution in [1.29, 1.82) is 0 Å². The van der Waals surface area contributed by atoms with E-state index in [-0.39, 0.29) is 30.2 Å². The van der Waals surface area contributed by atoms with E-state index in [4.69, 9.17) is 4.74 Å². The molecule has 0 radical (unpaired) electrons. The fraction of sp³-hybridized carbons (Fsp3) is 0.550. The summed E-state index contributed by atoms with van der Waals surface area (Å²) in [7, 11) is 0. The molecule has 3 rings (SSSR count). The van der Waals surface area contributed by atoms with Crippen LogP contribution in [0.2, 0.25) is 0 Å². The number of benzene rings is 1. The van der Waals surface area contributed by atoms with Crippen LogP contribution in [-0.4, -0.2) is 67.0 Å². The van der Waals surface area contributed by atoms with Gasteiger partial charge in [0.1, 0.15) is 0 Å². The maximum absolute atomic E-state index is 12.9. The molecule has 1 unspecified atom stereocenters. The van der Waals surface area contributed by atoms with Crippen molar-refractivity contribution < 1.29 is 19.1 Å². The molecule has 0 saturated carbocycles. The van der Waals surface area contributed by atoms with Gasteiger partial charge in [0.05, 0.1) is 12.5 Å². The van der Waals surface area contributed by atoms with Gasteiger partial charge < -0.3 is 19.4 Å². The molecule has 27 heavy (non-hydrogen) atoms. The monoisotopic (exact) mass is 373 g/mol. The molecule has 2 aliphatic heterocycles. The van der Waals surface area contributed by atoms with Crippen molar-refractivity contribution in [2.75, 3.05) is 44.2 Å². The number of ether oxygens (including phenoxy) is 1. The molecule has 0 N–H and O–H groups in total. The minimum Gasteiger partial charge on any atom is -0.450 e. The molecule has 0 aromatic heterocycles. The van der Waals surface area contributed by atoms with Crippen molar-refractivity contribution in [2.45, 2.75) is 26.7 Å². The molecule has 146 valence electrons. The third-order valence-corrected chi connectivity index (χ3v) is 5.25. The Bertz CT molecular complexity index is 713. The average molecular weight is 373 g/mol. The van der Waals surface area contributed by atoms with Gasteiger partial charge in [-0.1, -0.05) is 25.1 Å². The van der Waals surface area contributed by atoms with Gasteiger partial charge in [-0.2, -0.15) is 0 Å². The van der Waals surface area contributed by atoms with Gasteiger partial charge in [-0.25, -0.2) is 4.79 Å². The van der Waals surface area contributed by atoms with E-state index in [0.29, 0.717) is 39.3 Å². The molecule has 7 nitrogen and oxygen atoms in total. The maximum atomic E-state index is 12.9. The zero-order chi connectivity index (χ0) is 19.4. The first kappa shape index (κ1) is 19.2. The van der Waals surface area contributed by atoms with Gasteiger partial charge in [-0.15, -0.1) is 0 Å². The van der Waals surface area contributed by atoms with E-state index in [1.807, 2.05) is 24.3 Å². The summed E-state index contributed by atoms with van der Waals surface area (Å²) in [6.45, 7) is 6.50. The summed E-state index contributed by atoms with van der Waals surface area (Å²) in [5, 5.41) is 0. The lowest BCUT2D eigenvalue weighted by Gasteiger charge is -2.35. The molecule has 2 saturated heterocycles. The number of piperazine rings is 1. The predicted octanol–water partition coefficient (Wildman–Crippen LogP) is 1.90. The fourth-order valence-corrected chi connectivity index (χ4v) is 3.76. The number of hydrogen-bond donors (Lipinski definition) is 0. The second-order valence-corrected chi connectivity index (χ2v) is 6.90. The highest BCUT2D eigenvalue weighted by molar-refractivity contribution is 6.00. The Hall–Kier alpha value is -2.57. The molecule has 2 fully saturated rings. The molecule has 1 aromatic rings. The third kappa shape index (κ3) is 4.07. The number of hydrogen-bond acceptors (Lipinski definition) is 4. The van der Waals surface area contributed by atoms with Gasteiger partial charge in [0.15, 0.2) is 0 Å². The van der Waals surface area contributed by atoms with Crippen LogP contribution in [-0.2, 0) is 20.7 Å². The zero-order valence-corrected chi connectivity index (χ0v) is 16.0. The molecule has 1 aromatic carbocycles. The van der Waals surface area contributed by atoms with Gasteiger partial charge in [0, 0.05) is 44.8 Å². The lowest BCUT2D eigenvalue weighted by molar-refractivity contribution is -0.137. The Kier molecular flexibility index (Phi) is 5.98. The van der Waals surface area contributed by atoms with Gasteiger partial charge >= 0.3 is 6.09 Å². The number of nitrogens with zero attached hydrogens (tertiary/aromatic N) is 3. The van der Waals surface area contributed by atoms with Crippen molar-refractivity contribution in [3.8, 4) is 0 Å². The van der Waals surface area contributed by atoms with E-state index >= 15 is 0 Å². The number of para-hydroxylation sites is 1. The van der Waals surface area contributed by atoms with E-state index < -0.39 is 0 Å². The number of aryl methyl sites for hydroxylation is 1. The minimum atomic E-state index is -0.331. The number of amides is 3. The van der Waals surface area contributed by atoms with E-state index in [1.54, 1.807) is 21.6 Å². The third-order valence-electron chi connectivity index (χ3n) is 5.25. The molecule has 1 atom stereocenters. The van der Waals surface area contributed by atoms with Crippen molar-refractivity contribution in [2.24, 2.45) is 5.92 Å². The largest absolute Gasteiger partial charge is 0.450 e. The topological polar surface area (TPSA) is 70.2 Å². The molecule has 2 aliphatic rings. The van der Waals surface area contributed by atoms with Crippen LogP contribution >= 0.6 is 0 Å². The highest BCUT2D eigenvalue weighted by Crippen LogP contribution is 2.29. The second-order valence-electron chi connectivity index (χ2n) is 6.90. The molecule has 0 aliphatic carbocycles. The SMILES string of the molecule is CCOC(=O)N1CCN(C(=O)C2CC(=O)N(c3ccccc3CC)C2)CC1. The minimum absolute atomic E-state index is 0.000547. The van der Waals surface area contributed by atoms with Gasteiger partial charge in [-0.3, -0.25) is 9.59 Å². The first-order chi connectivity index (χ1) is 13.0. The summed E-state index contributed by atoms with van der Waals surface area (Å²) in [5.74, 6) is -0.320. The van der Waals surface area contributed by atoms with Crippen LogP contribution < -0.4 is 4.90 Å². The summed E-state index contributed by atoms with van der Waals surface area (Å²) < 4.78 is 5.01. The molecule has 0 spiro atoms. The van der Waals surface area contributed by atoms with Crippen LogP contribution in [0.15, 0.2) is 24.3 Å². The lowest BCUT2D eigenvalue weighted by atomic mass is 10.1. The molecular formula is C20H27N3O4. The molecule has 3 amide bonds. The summed E-state index contributed by atoms with van der Waals surface area (Å²) in [6.07, 6.45) is 0.756. The predicted molar refractivity (Wildman–Crippen MR) is 101 cm³/mol. The molecule has 0 bridgehead atoms. The second kappa shape index (κ2) is 8.41. The first-order valence-corrected chi connectivity index (χ1v) is 9.63. The van der Waals surface area contributed by atoms with Crippen LogP contribution in [0.25, 0.3) is 0 Å². The number of carbonyl (C=O) groups excluding carboxylic acids is 3. The Labute approximate surface area is 159 Å². The van der Waals surface area contributed by atoms with E-state index in [1.165, 1.54) is 0 Å². The molecule has 7 heteroatoms. The van der Waals surface area contributed by atoms with Gasteiger partial charge in [-0.05, 0) is 25.0 Å². The van der Waals surface area contributed by atoms with Crippen LogP contribution in [0.5, 0.6) is 0 Å². The Morgan fingerprint density at radius 1 is 1.07 bits per heavy atom.